The van der Waals surface area contributed by atoms with Crippen LogP contribution in [0.5, 0.6) is 0 Å². The summed E-state index contributed by atoms with van der Waals surface area (Å²) in [5.74, 6) is 0.208. The Bertz CT molecular complexity index is 175. The number of hydrogen-bond acceptors (Lipinski definition) is 1. The van der Waals surface area contributed by atoms with E-state index in [2.05, 4.69) is 6.08 Å². The van der Waals surface area contributed by atoms with Crippen molar-refractivity contribution in [2.75, 3.05) is 0 Å². The molecule has 1 aliphatic carbocycles. The van der Waals surface area contributed by atoms with E-state index in [-0.39, 0.29) is 5.78 Å². The number of carbonyl (C=O) groups excluding carboxylic acids is 1. The van der Waals surface area contributed by atoms with E-state index in [1.807, 2.05) is 12.2 Å². The molecular weight excluding hydrogens is 112 g/mol. The maximum atomic E-state index is 10.7. The van der Waals surface area contributed by atoms with Gasteiger partial charge >= 0.3 is 0 Å². The lowest BCUT2D eigenvalue weighted by atomic mass is 10.0. The molecule has 0 radical (unpaired) electrons. The number of hydrogen-bond donors (Lipinski definition) is 0. The normalized spacial score (nSPS) is 17.2. The standard InChI is InChI=1S/C8H10O/c1-7(9)8-5-3-2-4-6-8/h2-3,6H,4-5H2,1H3. The molecule has 9 heavy (non-hydrogen) atoms. The fourth-order valence-corrected chi connectivity index (χ4v) is 0.888. The second-order valence-corrected chi connectivity index (χ2v) is 2.20. The van der Waals surface area contributed by atoms with Crippen LogP contribution in [0, 0.1) is 0 Å². The van der Waals surface area contributed by atoms with Crippen LogP contribution < -0.4 is 0 Å². The van der Waals surface area contributed by atoms with E-state index in [0.717, 1.165) is 18.4 Å². The summed E-state index contributed by atoms with van der Waals surface area (Å²) < 4.78 is 0. The van der Waals surface area contributed by atoms with E-state index in [4.69, 9.17) is 0 Å². The third kappa shape index (κ3) is 1.53. The van der Waals surface area contributed by atoms with Crippen molar-refractivity contribution in [2.24, 2.45) is 0 Å². The van der Waals surface area contributed by atoms with E-state index in [1.54, 1.807) is 6.92 Å². The average molecular weight is 122 g/mol. The van der Waals surface area contributed by atoms with Gasteiger partial charge in [0.15, 0.2) is 5.78 Å². The molecule has 0 unspecified atom stereocenters. The molecular formula is C8H10O. The molecule has 48 valence electrons. The van der Waals surface area contributed by atoms with Gasteiger partial charge in [0.25, 0.3) is 0 Å². The highest BCUT2D eigenvalue weighted by Crippen LogP contribution is 2.10. The fourth-order valence-electron chi connectivity index (χ4n) is 0.888. The number of rotatable bonds is 1. The summed E-state index contributed by atoms with van der Waals surface area (Å²) in [5, 5.41) is 0. The summed E-state index contributed by atoms with van der Waals surface area (Å²) in [6.07, 6.45) is 7.86. The van der Waals surface area contributed by atoms with Gasteiger partial charge in [0, 0.05) is 0 Å². The molecule has 0 saturated heterocycles. The van der Waals surface area contributed by atoms with Gasteiger partial charge in [-0.25, -0.2) is 0 Å². The van der Waals surface area contributed by atoms with Gasteiger partial charge in [-0.1, -0.05) is 18.2 Å². The molecule has 1 aliphatic rings. The molecule has 0 saturated carbocycles. The predicted molar refractivity (Wildman–Crippen MR) is 37.1 cm³/mol. The van der Waals surface area contributed by atoms with E-state index >= 15 is 0 Å². The Morgan fingerprint density at radius 3 is 2.67 bits per heavy atom. The summed E-state index contributed by atoms with van der Waals surface area (Å²) in [4.78, 5) is 10.7. The van der Waals surface area contributed by atoms with Crippen LogP contribution in [0.15, 0.2) is 23.8 Å². The van der Waals surface area contributed by atoms with Gasteiger partial charge in [-0.2, -0.15) is 0 Å². The van der Waals surface area contributed by atoms with Crippen molar-refractivity contribution >= 4 is 5.78 Å². The van der Waals surface area contributed by atoms with Crippen LogP contribution in [0.3, 0.4) is 0 Å². The second-order valence-electron chi connectivity index (χ2n) is 2.20. The molecule has 0 atom stereocenters. The first-order valence-electron chi connectivity index (χ1n) is 3.15. The average Bonchev–Trinajstić information content (AvgIpc) is 1.90. The van der Waals surface area contributed by atoms with Crippen molar-refractivity contribution in [1.82, 2.24) is 0 Å². The Hall–Kier alpha value is -0.850. The van der Waals surface area contributed by atoms with Crippen molar-refractivity contribution in [3.8, 4) is 0 Å². The van der Waals surface area contributed by atoms with Gasteiger partial charge in [0.2, 0.25) is 0 Å². The molecule has 0 aromatic rings. The van der Waals surface area contributed by atoms with Gasteiger partial charge < -0.3 is 0 Å². The molecule has 0 heterocycles. The minimum atomic E-state index is 0.208. The first-order valence-corrected chi connectivity index (χ1v) is 3.15. The molecule has 1 rings (SSSR count). The van der Waals surface area contributed by atoms with Crippen LogP contribution in [-0.2, 0) is 4.79 Å². The number of ketones is 1. The van der Waals surface area contributed by atoms with Crippen LogP contribution in [0.2, 0.25) is 0 Å². The molecule has 0 N–H and O–H groups in total. The second kappa shape index (κ2) is 2.62. The number of carbonyl (C=O) groups is 1. The third-order valence-electron chi connectivity index (χ3n) is 1.46. The van der Waals surface area contributed by atoms with Crippen LogP contribution in [0.25, 0.3) is 0 Å². The maximum absolute atomic E-state index is 10.7. The van der Waals surface area contributed by atoms with E-state index in [0.29, 0.717) is 0 Å². The zero-order valence-corrected chi connectivity index (χ0v) is 5.55. The zero-order chi connectivity index (χ0) is 6.69. The minimum Gasteiger partial charge on any atom is -0.295 e. The first-order chi connectivity index (χ1) is 4.30. The van der Waals surface area contributed by atoms with Crippen molar-refractivity contribution in [1.29, 1.82) is 0 Å². The lowest BCUT2D eigenvalue weighted by Gasteiger charge is -2.01. The fraction of sp³-hybridized carbons (Fsp3) is 0.375. The van der Waals surface area contributed by atoms with Gasteiger partial charge in [0.05, 0.1) is 0 Å². The molecule has 0 bridgehead atoms. The van der Waals surface area contributed by atoms with E-state index in [9.17, 15) is 4.79 Å². The van der Waals surface area contributed by atoms with Crippen LogP contribution in [0.4, 0.5) is 0 Å². The highest BCUT2D eigenvalue weighted by Gasteiger charge is 2.01. The lowest BCUT2D eigenvalue weighted by Crippen LogP contribution is -1.96. The topological polar surface area (TPSA) is 17.1 Å². The largest absolute Gasteiger partial charge is 0.295 e. The lowest BCUT2D eigenvalue weighted by molar-refractivity contribution is -0.113. The quantitative estimate of drug-likeness (QED) is 0.485. The Kier molecular flexibility index (Phi) is 1.83. The molecule has 1 nitrogen and oxygen atoms in total. The van der Waals surface area contributed by atoms with Crippen molar-refractivity contribution in [3.05, 3.63) is 23.8 Å². The zero-order valence-electron chi connectivity index (χ0n) is 5.55. The smallest absolute Gasteiger partial charge is 0.155 e. The van der Waals surface area contributed by atoms with E-state index < -0.39 is 0 Å². The minimum absolute atomic E-state index is 0.208. The van der Waals surface area contributed by atoms with Crippen molar-refractivity contribution in [3.63, 3.8) is 0 Å². The molecule has 0 aliphatic heterocycles. The molecule has 0 amide bonds. The Morgan fingerprint density at radius 1 is 1.56 bits per heavy atom. The third-order valence-corrected chi connectivity index (χ3v) is 1.46. The van der Waals surface area contributed by atoms with Crippen molar-refractivity contribution in [2.45, 2.75) is 19.8 Å². The van der Waals surface area contributed by atoms with Crippen LogP contribution in [0.1, 0.15) is 19.8 Å². The molecule has 0 fully saturated rings. The highest BCUT2D eigenvalue weighted by molar-refractivity contribution is 5.93. The predicted octanol–water partition coefficient (Wildman–Crippen LogP) is 1.85. The molecule has 0 aromatic carbocycles. The Labute approximate surface area is 55.1 Å². The monoisotopic (exact) mass is 122 g/mol. The van der Waals surface area contributed by atoms with Crippen LogP contribution >= 0.6 is 0 Å². The summed E-state index contributed by atoms with van der Waals surface area (Å²) in [5.41, 5.74) is 0.956. The van der Waals surface area contributed by atoms with Crippen LogP contribution in [-0.4, -0.2) is 5.78 Å². The Morgan fingerprint density at radius 2 is 2.33 bits per heavy atom. The SMILES string of the molecule is CC(=O)C1=CCC=CC1. The molecule has 0 aromatic heterocycles. The Balaban J connectivity index is 2.61. The van der Waals surface area contributed by atoms with Gasteiger partial charge in [-0.15, -0.1) is 0 Å². The summed E-state index contributed by atoms with van der Waals surface area (Å²) >= 11 is 0. The number of Topliss-reactive ketones (excluding diaryl/α,β-unsaturated/α-hetero) is 1. The summed E-state index contributed by atoms with van der Waals surface area (Å²) in [6.45, 7) is 1.62. The van der Waals surface area contributed by atoms with Gasteiger partial charge in [0.1, 0.15) is 0 Å². The summed E-state index contributed by atoms with van der Waals surface area (Å²) in [7, 11) is 0. The molecule has 0 spiro atoms. The van der Waals surface area contributed by atoms with Crippen molar-refractivity contribution < 1.29 is 4.79 Å². The van der Waals surface area contributed by atoms with E-state index in [1.165, 1.54) is 0 Å². The first kappa shape index (κ1) is 6.27. The van der Waals surface area contributed by atoms with Gasteiger partial charge in [-0.05, 0) is 25.3 Å². The number of allylic oxidation sites excluding steroid dienone is 4. The summed E-state index contributed by atoms with van der Waals surface area (Å²) in [6, 6.07) is 0. The highest BCUT2D eigenvalue weighted by atomic mass is 16.1. The van der Waals surface area contributed by atoms with Gasteiger partial charge in [-0.3, -0.25) is 4.79 Å². The maximum Gasteiger partial charge on any atom is 0.155 e. The molecule has 1 heteroatoms.